The summed E-state index contributed by atoms with van der Waals surface area (Å²) in [6.45, 7) is 1.88. The normalized spacial score (nSPS) is 10.7. The fourth-order valence-corrected chi connectivity index (χ4v) is 3.82. The van der Waals surface area contributed by atoms with E-state index >= 15 is 0 Å². The van der Waals surface area contributed by atoms with E-state index in [4.69, 9.17) is 0 Å². The highest BCUT2D eigenvalue weighted by atomic mass is 19.1. The maximum atomic E-state index is 13.8. The Kier molecular flexibility index (Phi) is 6.05. The fraction of sp³-hybridized carbons (Fsp3) is 0.0357. The van der Waals surface area contributed by atoms with Crippen LogP contribution >= 0.6 is 0 Å². The first kappa shape index (κ1) is 22.0. The molecule has 7 heteroatoms. The van der Waals surface area contributed by atoms with Crippen LogP contribution in [0.3, 0.4) is 0 Å². The number of amides is 1. The van der Waals surface area contributed by atoms with Crippen molar-refractivity contribution in [2.24, 2.45) is 0 Å². The number of hydrogen-bond acceptors (Lipinski definition) is 5. The number of aryl methyl sites for hydroxylation is 1. The Morgan fingerprint density at radius 2 is 1.46 bits per heavy atom. The van der Waals surface area contributed by atoms with E-state index < -0.39 is 0 Å². The molecule has 0 atom stereocenters. The Morgan fingerprint density at radius 3 is 2.23 bits per heavy atom. The maximum absolute atomic E-state index is 13.8. The second-order valence-electron chi connectivity index (χ2n) is 8.07. The van der Waals surface area contributed by atoms with Gasteiger partial charge in [0.25, 0.3) is 5.91 Å². The summed E-state index contributed by atoms with van der Waals surface area (Å²) < 4.78 is 13.8. The molecule has 0 saturated heterocycles. The van der Waals surface area contributed by atoms with E-state index in [1.54, 1.807) is 36.8 Å². The van der Waals surface area contributed by atoms with E-state index in [0.29, 0.717) is 22.2 Å². The zero-order valence-electron chi connectivity index (χ0n) is 18.9. The molecular formula is C28H22FN5O. The molecule has 5 rings (SSSR count). The van der Waals surface area contributed by atoms with Crippen molar-refractivity contribution in [2.75, 3.05) is 16.0 Å². The molecule has 2 aromatic heterocycles. The zero-order valence-corrected chi connectivity index (χ0v) is 18.9. The topological polar surface area (TPSA) is 78.9 Å². The SMILES string of the molecule is Cc1cc(Nc2ccnc3ccc(F)cc23)ccc1C(=O)Nc1ccc(Nc2ccncc2)cc1. The Morgan fingerprint density at radius 1 is 0.743 bits per heavy atom. The smallest absolute Gasteiger partial charge is 0.255 e. The number of carbonyl (C=O) groups excluding carboxylic acids is 1. The van der Waals surface area contributed by atoms with Crippen LogP contribution in [-0.4, -0.2) is 15.9 Å². The largest absolute Gasteiger partial charge is 0.355 e. The number of halogens is 1. The van der Waals surface area contributed by atoms with Crippen LogP contribution in [0.5, 0.6) is 0 Å². The van der Waals surface area contributed by atoms with E-state index in [1.807, 2.05) is 55.5 Å². The van der Waals surface area contributed by atoms with Gasteiger partial charge in [-0.2, -0.15) is 0 Å². The average Bonchev–Trinajstić information content (AvgIpc) is 2.86. The molecule has 5 aromatic rings. The molecule has 3 N–H and O–H groups in total. The number of nitrogens with zero attached hydrogens (tertiary/aromatic N) is 2. The Bertz CT molecular complexity index is 1500. The highest BCUT2D eigenvalue weighted by Crippen LogP contribution is 2.27. The zero-order chi connectivity index (χ0) is 24.2. The summed E-state index contributed by atoms with van der Waals surface area (Å²) >= 11 is 0. The summed E-state index contributed by atoms with van der Waals surface area (Å²) in [6, 6.07) is 23.0. The van der Waals surface area contributed by atoms with Gasteiger partial charge in [0.2, 0.25) is 0 Å². The van der Waals surface area contributed by atoms with Gasteiger partial charge < -0.3 is 16.0 Å². The lowest BCUT2D eigenvalue weighted by molar-refractivity contribution is 0.102. The van der Waals surface area contributed by atoms with Crippen LogP contribution < -0.4 is 16.0 Å². The molecule has 172 valence electrons. The van der Waals surface area contributed by atoms with Crippen molar-refractivity contribution in [2.45, 2.75) is 6.92 Å². The molecular weight excluding hydrogens is 441 g/mol. The molecule has 2 heterocycles. The summed E-state index contributed by atoms with van der Waals surface area (Å²) in [5.41, 5.74) is 6.16. The number of anilines is 5. The lowest BCUT2D eigenvalue weighted by Gasteiger charge is -2.13. The molecule has 1 amide bonds. The standard InChI is InChI=1S/C28H22FN5O/c1-18-16-23(33-27-12-15-31-26-9-2-19(29)17-25(26)27)7-8-24(18)28(35)34-21-5-3-20(4-6-21)32-22-10-13-30-14-11-22/h2-17H,1H3,(H,30,32)(H,31,33)(H,34,35). The number of fused-ring (bicyclic) bond motifs is 1. The van der Waals surface area contributed by atoms with Crippen LogP contribution in [0.1, 0.15) is 15.9 Å². The van der Waals surface area contributed by atoms with Crippen molar-refractivity contribution < 1.29 is 9.18 Å². The lowest BCUT2D eigenvalue weighted by atomic mass is 10.1. The minimum Gasteiger partial charge on any atom is -0.355 e. The van der Waals surface area contributed by atoms with E-state index in [9.17, 15) is 9.18 Å². The van der Waals surface area contributed by atoms with Crippen molar-refractivity contribution in [1.82, 2.24) is 9.97 Å². The molecule has 0 aliphatic rings. The molecule has 3 aromatic carbocycles. The van der Waals surface area contributed by atoms with E-state index in [0.717, 1.165) is 28.3 Å². The monoisotopic (exact) mass is 463 g/mol. The minimum absolute atomic E-state index is 0.194. The third kappa shape index (κ3) is 5.09. The fourth-order valence-electron chi connectivity index (χ4n) is 3.82. The van der Waals surface area contributed by atoms with Crippen molar-refractivity contribution in [3.63, 3.8) is 0 Å². The molecule has 0 bridgehead atoms. The van der Waals surface area contributed by atoms with Crippen molar-refractivity contribution in [1.29, 1.82) is 0 Å². The highest BCUT2D eigenvalue weighted by Gasteiger charge is 2.11. The van der Waals surface area contributed by atoms with Crippen molar-refractivity contribution >= 4 is 45.2 Å². The Hall–Kier alpha value is -4.78. The van der Waals surface area contributed by atoms with Gasteiger partial charge in [0.15, 0.2) is 0 Å². The molecule has 0 saturated carbocycles. The van der Waals surface area contributed by atoms with Crippen LogP contribution in [0.25, 0.3) is 10.9 Å². The molecule has 0 unspecified atom stereocenters. The van der Waals surface area contributed by atoms with Crippen LogP contribution in [-0.2, 0) is 0 Å². The van der Waals surface area contributed by atoms with Gasteiger partial charge in [-0.05, 0) is 91.3 Å². The second kappa shape index (κ2) is 9.61. The predicted molar refractivity (Wildman–Crippen MR) is 138 cm³/mol. The van der Waals surface area contributed by atoms with Crippen LogP contribution in [0.4, 0.5) is 32.8 Å². The molecule has 35 heavy (non-hydrogen) atoms. The molecule has 6 nitrogen and oxygen atoms in total. The summed E-state index contributed by atoms with van der Waals surface area (Å²) in [5, 5.41) is 10.2. The highest BCUT2D eigenvalue weighted by molar-refractivity contribution is 6.05. The number of nitrogens with one attached hydrogen (secondary N) is 3. The molecule has 0 aliphatic carbocycles. The average molecular weight is 464 g/mol. The molecule has 0 spiro atoms. The quantitative estimate of drug-likeness (QED) is 0.258. The Balaban J connectivity index is 1.28. The third-order valence-electron chi connectivity index (χ3n) is 5.57. The van der Waals surface area contributed by atoms with Gasteiger partial charge in [-0.3, -0.25) is 14.8 Å². The summed E-state index contributed by atoms with van der Waals surface area (Å²) in [6.07, 6.45) is 5.12. The first-order valence-corrected chi connectivity index (χ1v) is 11.1. The number of carbonyl (C=O) groups is 1. The van der Waals surface area contributed by atoms with Gasteiger partial charge in [-0.15, -0.1) is 0 Å². The number of hydrogen-bond donors (Lipinski definition) is 3. The summed E-state index contributed by atoms with van der Waals surface area (Å²) in [5.74, 6) is -0.516. The number of pyridine rings is 2. The number of benzene rings is 3. The number of rotatable bonds is 6. The lowest BCUT2D eigenvalue weighted by Crippen LogP contribution is -2.13. The molecule has 0 aliphatic heterocycles. The van der Waals surface area contributed by atoms with Gasteiger partial charge in [-0.1, -0.05) is 0 Å². The van der Waals surface area contributed by atoms with E-state index in [1.165, 1.54) is 12.1 Å². The predicted octanol–water partition coefficient (Wildman–Crippen LogP) is 6.82. The summed E-state index contributed by atoms with van der Waals surface area (Å²) in [7, 11) is 0. The first-order chi connectivity index (χ1) is 17.0. The second-order valence-corrected chi connectivity index (χ2v) is 8.07. The van der Waals surface area contributed by atoms with Crippen molar-refractivity contribution in [3.8, 4) is 0 Å². The maximum Gasteiger partial charge on any atom is 0.255 e. The number of aromatic nitrogens is 2. The summed E-state index contributed by atoms with van der Waals surface area (Å²) in [4.78, 5) is 21.2. The first-order valence-electron chi connectivity index (χ1n) is 11.1. The Labute approximate surface area is 201 Å². The van der Waals surface area contributed by atoms with Crippen LogP contribution in [0.2, 0.25) is 0 Å². The van der Waals surface area contributed by atoms with Gasteiger partial charge >= 0.3 is 0 Å². The van der Waals surface area contributed by atoms with Crippen molar-refractivity contribution in [3.05, 3.63) is 114 Å². The molecule has 0 radical (unpaired) electrons. The van der Waals surface area contributed by atoms with Crippen LogP contribution in [0.15, 0.2) is 97.5 Å². The third-order valence-corrected chi connectivity index (χ3v) is 5.57. The van der Waals surface area contributed by atoms with E-state index in [-0.39, 0.29) is 11.7 Å². The van der Waals surface area contributed by atoms with Gasteiger partial charge in [0.1, 0.15) is 5.82 Å². The minimum atomic E-state index is -0.321. The van der Waals surface area contributed by atoms with Gasteiger partial charge in [0.05, 0.1) is 5.52 Å². The van der Waals surface area contributed by atoms with Gasteiger partial charge in [0, 0.05) is 58.0 Å². The van der Waals surface area contributed by atoms with Gasteiger partial charge in [-0.25, -0.2) is 4.39 Å². The molecule has 0 fully saturated rings. The van der Waals surface area contributed by atoms with Crippen LogP contribution in [0, 0.1) is 12.7 Å². The van der Waals surface area contributed by atoms with E-state index in [2.05, 4.69) is 25.9 Å².